The summed E-state index contributed by atoms with van der Waals surface area (Å²) in [6.07, 6.45) is 7.12. The van der Waals surface area contributed by atoms with Crippen LogP contribution in [-0.2, 0) is 0 Å². The fourth-order valence-electron chi connectivity index (χ4n) is 2.51. The zero-order chi connectivity index (χ0) is 11.8. The average molecular weight is 247 g/mol. The van der Waals surface area contributed by atoms with Crippen LogP contribution in [0.4, 0.5) is 5.69 Å². The number of nitrogens with two attached hydrogens (primary N) is 1. The first-order chi connectivity index (χ1) is 8.24. The molecule has 2 N–H and O–H groups in total. The molecule has 0 radical (unpaired) electrons. The summed E-state index contributed by atoms with van der Waals surface area (Å²) in [5, 5.41) is 4.68. The standard InChI is InChI=1S/C13H17N3S/c1-9-6-7-12(17-9)13-11(14)8-16(15-13)10-4-2-3-5-10/h6-8,10H,2-5,14H2,1H3. The van der Waals surface area contributed by atoms with Gasteiger partial charge >= 0.3 is 0 Å². The van der Waals surface area contributed by atoms with E-state index >= 15 is 0 Å². The van der Waals surface area contributed by atoms with Crippen molar-refractivity contribution in [1.82, 2.24) is 9.78 Å². The maximum atomic E-state index is 6.07. The molecule has 0 spiro atoms. The van der Waals surface area contributed by atoms with Gasteiger partial charge in [0.1, 0.15) is 5.69 Å². The van der Waals surface area contributed by atoms with Gasteiger partial charge < -0.3 is 5.73 Å². The quantitative estimate of drug-likeness (QED) is 0.881. The number of aryl methyl sites for hydroxylation is 1. The molecule has 1 fully saturated rings. The van der Waals surface area contributed by atoms with Crippen LogP contribution < -0.4 is 5.73 Å². The highest BCUT2D eigenvalue weighted by Gasteiger charge is 2.20. The zero-order valence-corrected chi connectivity index (χ0v) is 10.8. The third-order valence-electron chi connectivity index (χ3n) is 3.43. The largest absolute Gasteiger partial charge is 0.396 e. The molecule has 3 rings (SSSR count). The smallest absolute Gasteiger partial charge is 0.125 e. The third kappa shape index (κ3) is 1.97. The SMILES string of the molecule is Cc1ccc(-c2nn(C3CCCC3)cc2N)s1. The van der Waals surface area contributed by atoms with Crippen molar-refractivity contribution < 1.29 is 0 Å². The molecule has 0 saturated heterocycles. The highest BCUT2D eigenvalue weighted by molar-refractivity contribution is 7.15. The van der Waals surface area contributed by atoms with Crippen LogP contribution in [0.5, 0.6) is 0 Å². The second kappa shape index (κ2) is 4.18. The summed E-state index contributed by atoms with van der Waals surface area (Å²) in [7, 11) is 0. The summed E-state index contributed by atoms with van der Waals surface area (Å²) in [4.78, 5) is 2.48. The lowest BCUT2D eigenvalue weighted by Gasteiger charge is -2.08. The summed E-state index contributed by atoms with van der Waals surface area (Å²) in [6, 6.07) is 4.79. The van der Waals surface area contributed by atoms with Gasteiger partial charge in [0.05, 0.1) is 16.6 Å². The first-order valence-corrected chi connectivity index (χ1v) is 6.97. The Bertz CT molecular complexity index is 521. The number of hydrogen-bond donors (Lipinski definition) is 1. The summed E-state index contributed by atoms with van der Waals surface area (Å²) >= 11 is 1.76. The van der Waals surface area contributed by atoms with Gasteiger partial charge in [-0.25, -0.2) is 0 Å². The van der Waals surface area contributed by atoms with Crippen molar-refractivity contribution in [3.05, 3.63) is 23.2 Å². The first-order valence-electron chi connectivity index (χ1n) is 6.15. The number of anilines is 1. The van der Waals surface area contributed by atoms with E-state index in [1.165, 1.54) is 35.4 Å². The minimum absolute atomic E-state index is 0.562. The molecule has 0 aliphatic heterocycles. The molecule has 1 aliphatic rings. The predicted octanol–water partition coefficient (Wildman–Crippen LogP) is 3.62. The van der Waals surface area contributed by atoms with Gasteiger partial charge in [0.25, 0.3) is 0 Å². The molecule has 0 unspecified atom stereocenters. The first kappa shape index (κ1) is 10.8. The summed E-state index contributed by atoms with van der Waals surface area (Å²) < 4.78 is 2.08. The van der Waals surface area contributed by atoms with E-state index in [9.17, 15) is 0 Å². The average Bonchev–Trinajstić information content (AvgIpc) is 2.97. The summed E-state index contributed by atoms with van der Waals surface area (Å²) in [5.41, 5.74) is 7.83. The Hall–Kier alpha value is -1.29. The van der Waals surface area contributed by atoms with E-state index in [1.54, 1.807) is 11.3 Å². The molecule has 1 saturated carbocycles. The van der Waals surface area contributed by atoms with Crippen LogP contribution in [0.1, 0.15) is 36.6 Å². The van der Waals surface area contributed by atoms with E-state index in [-0.39, 0.29) is 0 Å². The van der Waals surface area contributed by atoms with Gasteiger partial charge in [0.15, 0.2) is 0 Å². The molecule has 0 atom stereocenters. The van der Waals surface area contributed by atoms with E-state index < -0.39 is 0 Å². The van der Waals surface area contributed by atoms with Gasteiger partial charge in [-0.05, 0) is 31.9 Å². The number of hydrogen-bond acceptors (Lipinski definition) is 3. The van der Waals surface area contributed by atoms with Gasteiger partial charge in [0.2, 0.25) is 0 Å². The molecule has 2 aromatic heterocycles. The highest BCUT2D eigenvalue weighted by atomic mass is 32.1. The molecule has 1 aliphatic carbocycles. The van der Waals surface area contributed by atoms with Gasteiger partial charge in [-0.2, -0.15) is 5.10 Å². The van der Waals surface area contributed by atoms with Crippen molar-refractivity contribution >= 4 is 17.0 Å². The normalized spacial score (nSPS) is 16.8. The fourth-order valence-corrected chi connectivity index (χ4v) is 3.39. The van der Waals surface area contributed by atoms with E-state index in [0.717, 1.165) is 11.4 Å². The number of aromatic nitrogens is 2. The van der Waals surface area contributed by atoms with Crippen LogP contribution in [0.3, 0.4) is 0 Å². The van der Waals surface area contributed by atoms with E-state index in [4.69, 9.17) is 5.73 Å². The number of rotatable bonds is 2. The Labute approximate surface area is 105 Å². The van der Waals surface area contributed by atoms with E-state index in [2.05, 4.69) is 28.8 Å². The van der Waals surface area contributed by atoms with Crippen molar-refractivity contribution in [2.24, 2.45) is 0 Å². The van der Waals surface area contributed by atoms with Crippen LogP contribution >= 0.6 is 11.3 Å². The highest BCUT2D eigenvalue weighted by Crippen LogP contribution is 2.34. The lowest BCUT2D eigenvalue weighted by Crippen LogP contribution is -2.04. The maximum Gasteiger partial charge on any atom is 0.125 e. The van der Waals surface area contributed by atoms with Gasteiger partial charge in [-0.3, -0.25) is 4.68 Å². The molecule has 2 heterocycles. The minimum atomic E-state index is 0.562. The molecule has 2 aromatic rings. The van der Waals surface area contributed by atoms with Crippen LogP contribution in [-0.4, -0.2) is 9.78 Å². The Morgan fingerprint density at radius 3 is 2.76 bits per heavy atom. The molecular weight excluding hydrogens is 230 g/mol. The summed E-state index contributed by atoms with van der Waals surface area (Å²) in [5.74, 6) is 0. The van der Waals surface area contributed by atoms with E-state index in [1.807, 2.05) is 6.20 Å². The van der Waals surface area contributed by atoms with E-state index in [0.29, 0.717) is 6.04 Å². The second-order valence-electron chi connectivity index (χ2n) is 4.76. The Morgan fingerprint density at radius 2 is 2.12 bits per heavy atom. The predicted molar refractivity (Wildman–Crippen MR) is 72.2 cm³/mol. The molecule has 17 heavy (non-hydrogen) atoms. The van der Waals surface area contributed by atoms with Crippen molar-refractivity contribution in [3.63, 3.8) is 0 Å². The second-order valence-corrected chi connectivity index (χ2v) is 6.05. The third-order valence-corrected chi connectivity index (χ3v) is 4.44. The molecule has 0 aromatic carbocycles. The Kier molecular flexibility index (Phi) is 2.67. The number of nitrogen functional groups attached to an aromatic ring is 1. The number of nitrogens with zero attached hydrogens (tertiary/aromatic N) is 2. The Balaban J connectivity index is 1.95. The zero-order valence-electron chi connectivity index (χ0n) is 10.0. The van der Waals surface area contributed by atoms with Gasteiger partial charge in [0, 0.05) is 11.1 Å². The van der Waals surface area contributed by atoms with Crippen molar-refractivity contribution in [1.29, 1.82) is 0 Å². The lowest BCUT2D eigenvalue weighted by atomic mass is 10.3. The molecule has 3 nitrogen and oxygen atoms in total. The molecular formula is C13H17N3S. The van der Waals surface area contributed by atoms with Crippen molar-refractivity contribution in [2.45, 2.75) is 38.6 Å². The van der Waals surface area contributed by atoms with Gasteiger partial charge in [-0.15, -0.1) is 11.3 Å². The molecule has 0 bridgehead atoms. The number of thiophene rings is 1. The Morgan fingerprint density at radius 1 is 1.35 bits per heavy atom. The summed E-state index contributed by atoms with van der Waals surface area (Å²) in [6.45, 7) is 2.11. The lowest BCUT2D eigenvalue weighted by molar-refractivity contribution is 0.468. The monoisotopic (exact) mass is 247 g/mol. The molecule has 90 valence electrons. The molecule has 0 amide bonds. The molecule has 4 heteroatoms. The van der Waals surface area contributed by atoms with Gasteiger partial charge in [-0.1, -0.05) is 12.8 Å². The van der Waals surface area contributed by atoms with Crippen LogP contribution in [0.25, 0.3) is 10.6 Å². The maximum absolute atomic E-state index is 6.07. The van der Waals surface area contributed by atoms with Crippen LogP contribution in [0, 0.1) is 6.92 Å². The van der Waals surface area contributed by atoms with Crippen LogP contribution in [0.15, 0.2) is 18.3 Å². The van der Waals surface area contributed by atoms with Crippen molar-refractivity contribution in [2.75, 3.05) is 5.73 Å². The van der Waals surface area contributed by atoms with Crippen LogP contribution in [0.2, 0.25) is 0 Å². The topological polar surface area (TPSA) is 43.8 Å². The van der Waals surface area contributed by atoms with Crippen molar-refractivity contribution in [3.8, 4) is 10.6 Å². The fraction of sp³-hybridized carbons (Fsp3) is 0.462. The minimum Gasteiger partial charge on any atom is -0.396 e.